The molecule has 3 N–H and O–H groups in total. The lowest BCUT2D eigenvalue weighted by Gasteiger charge is -2.27. The molecule has 0 atom stereocenters. The van der Waals surface area contributed by atoms with Crippen LogP contribution in [0.5, 0.6) is 0 Å². The van der Waals surface area contributed by atoms with Gasteiger partial charge in [-0.15, -0.1) is 11.3 Å². The van der Waals surface area contributed by atoms with Crippen molar-refractivity contribution in [2.75, 3.05) is 0 Å². The average Bonchev–Trinajstić information content (AvgIpc) is 3.01. The molecule has 2 heterocycles. The summed E-state index contributed by atoms with van der Waals surface area (Å²) >= 11 is 1.63. The summed E-state index contributed by atoms with van der Waals surface area (Å²) in [5, 5.41) is 9.62. The molecule has 0 aliphatic heterocycles. The van der Waals surface area contributed by atoms with Crippen LogP contribution in [0.1, 0.15) is 43.7 Å². The Morgan fingerprint density at radius 1 is 1.24 bits per heavy atom. The van der Waals surface area contributed by atoms with Crippen LogP contribution in [0.15, 0.2) is 34.4 Å². The molecule has 0 aromatic carbocycles. The molecule has 1 aliphatic carbocycles. The molecule has 5 heteroatoms. The van der Waals surface area contributed by atoms with Gasteiger partial charge in [-0.25, -0.2) is 0 Å². The van der Waals surface area contributed by atoms with E-state index in [1.54, 1.807) is 17.4 Å². The van der Waals surface area contributed by atoms with Crippen LogP contribution in [0.3, 0.4) is 0 Å². The highest BCUT2D eigenvalue weighted by Gasteiger charge is 2.22. The van der Waals surface area contributed by atoms with E-state index >= 15 is 0 Å². The van der Waals surface area contributed by atoms with E-state index in [0.717, 1.165) is 36.3 Å². The van der Waals surface area contributed by atoms with Gasteiger partial charge < -0.3 is 10.3 Å². The monoisotopic (exact) mass is 301 g/mol. The minimum atomic E-state index is -0.151. The number of aromatic nitrogens is 1. The van der Waals surface area contributed by atoms with Gasteiger partial charge in [-0.3, -0.25) is 10.2 Å². The summed E-state index contributed by atoms with van der Waals surface area (Å²) in [6, 6.07) is 7.86. The lowest BCUT2D eigenvalue weighted by Crippen LogP contribution is -2.33. The maximum atomic E-state index is 12.8. The normalized spacial score (nSPS) is 16.0. The Bertz CT molecular complexity index is 697. The maximum absolute atomic E-state index is 12.8. The van der Waals surface area contributed by atoms with E-state index in [2.05, 4.69) is 0 Å². The van der Waals surface area contributed by atoms with Gasteiger partial charge in [-0.2, -0.15) is 0 Å². The molecular formula is C16H19N3OS. The van der Waals surface area contributed by atoms with Crippen molar-refractivity contribution in [3.8, 4) is 10.6 Å². The van der Waals surface area contributed by atoms with Crippen LogP contribution in [0.25, 0.3) is 10.6 Å². The van der Waals surface area contributed by atoms with E-state index in [1.807, 2.05) is 28.1 Å². The van der Waals surface area contributed by atoms with Crippen molar-refractivity contribution in [3.05, 3.63) is 45.6 Å². The van der Waals surface area contributed by atoms with Crippen molar-refractivity contribution in [1.29, 1.82) is 5.41 Å². The Morgan fingerprint density at radius 2 is 2.00 bits per heavy atom. The minimum absolute atomic E-state index is 0.125. The zero-order valence-electron chi connectivity index (χ0n) is 11.8. The summed E-state index contributed by atoms with van der Waals surface area (Å²) in [5.74, 6) is -0.151. The summed E-state index contributed by atoms with van der Waals surface area (Å²) < 4.78 is 1.88. The van der Waals surface area contributed by atoms with Crippen LogP contribution in [0, 0.1) is 5.41 Å². The second-order valence-corrected chi connectivity index (χ2v) is 6.44. The maximum Gasteiger partial charge on any atom is 0.262 e. The number of hydrogen-bond donors (Lipinski definition) is 2. The fourth-order valence-corrected chi connectivity index (χ4v) is 3.83. The Balaban J connectivity index is 2.18. The first kappa shape index (κ1) is 14.1. The predicted molar refractivity (Wildman–Crippen MR) is 87.2 cm³/mol. The second-order valence-electron chi connectivity index (χ2n) is 5.49. The molecule has 0 spiro atoms. The number of nitrogens with two attached hydrogens (primary N) is 1. The highest BCUT2D eigenvalue weighted by Crippen LogP contribution is 2.32. The van der Waals surface area contributed by atoms with Gasteiger partial charge in [0.2, 0.25) is 0 Å². The molecular weight excluding hydrogens is 282 g/mol. The Morgan fingerprint density at radius 3 is 2.62 bits per heavy atom. The Kier molecular flexibility index (Phi) is 3.92. The van der Waals surface area contributed by atoms with E-state index in [-0.39, 0.29) is 17.4 Å². The van der Waals surface area contributed by atoms with Crippen LogP contribution in [-0.2, 0) is 0 Å². The highest BCUT2D eigenvalue weighted by atomic mass is 32.1. The third kappa shape index (κ3) is 2.65. The number of nitrogen functional groups attached to an aromatic ring is 1. The Hall–Kier alpha value is -1.88. The predicted octanol–water partition coefficient (Wildman–Crippen LogP) is 3.37. The van der Waals surface area contributed by atoms with E-state index in [1.165, 1.54) is 6.42 Å². The number of hydrogen-bond acceptors (Lipinski definition) is 3. The summed E-state index contributed by atoms with van der Waals surface area (Å²) in [5.41, 5.74) is 6.69. The van der Waals surface area contributed by atoms with Crippen molar-refractivity contribution in [2.24, 2.45) is 5.73 Å². The molecule has 2 aromatic rings. The van der Waals surface area contributed by atoms with Crippen LogP contribution >= 0.6 is 11.3 Å². The van der Waals surface area contributed by atoms with Crippen LogP contribution in [0.2, 0.25) is 0 Å². The van der Waals surface area contributed by atoms with Gasteiger partial charge in [0.15, 0.2) is 0 Å². The van der Waals surface area contributed by atoms with E-state index < -0.39 is 0 Å². The fraction of sp³-hybridized carbons (Fsp3) is 0.375. The van der Waals surface area contributed by atoms with Crippen molar-refractivity contribution >= 4 is 17.2 Å². The first-order chi connectivity index (χ1) is 10.2. The molecule has 0 saturated heterocycles. The molecule has 4 nitrogen and oxygen atoms in total. The van der Waals surface area contributed by atoms with Crippen molar-refractivity contribution < 1.29 is 0 Å². The molecule has 2 aromatic heterocycles. The number of pyridine rings is 1. The standard InChI is InChI=1S/C16H19N3OS/c17-15(18)12-8-9-13(14-7-4-10-21-14)19(16(12)20)11-5-2-1-3-6-11/h4,7-11H,1-3,5-6H2,(H3,17,18). The minimum Gasteiger partial charge on any atom is -0.384 e. The molecule has 3 rings (SSSR count). The summed E-state index contributed by atoms with van der Waals surface area (Å²) in [4.78, 5) is 13.9. The number of amidine groups is 1. The van der Waals surface area contributed by atoms with Crippen LogP contribution in [-0.4, -0.2) is 10.4 Å². The quantitative estimate of drug-likeness (QED) is 0.674. The van der Waals surface area contributed by atoms with E-state index in [0.29, 0.717) is 5.56 Å². The topological polar surface area (TPSA) is 71.9 Å². The van der Waals surface area contributed by atoms with Crippen molar-refractivity contribution in [2.45, 2.75) is 38.1 Å². The van der Waals surface area contributed by atoms with Crippen molar-refractivity contribution in [3.63, 3.8) is 0 Å². The zero-order chi connectivity index (χ0) is 14.8. The second kappa shape index (κ2) is 5.85. The lowest BCUT2D eigenvalue weighted by atomic mass is 9.94. The third-order valence-corrected chi connectivity index (χ3v) is 5.01. The largest absolute Gasteiger partial charge is 0.384 e. The van der Waals surface area contributed by atoms with Gasteiger partial charge in [-0.1, -0.05) is 25.3 Å². The van der Waals surface area contributed by atoms with Gasteiger partial charge in [0.05, 0.1) is 16.1 Å². The fourth-order valence-electron chi connectivity index (χ4n) is 3.08. The zero-order valence-corrected chi connectivity index (χ0v) is 12.7. The molecule has 1 aliphatic rings. The van der Waals surface area contributed by atoms with Gasteiger partial charge in [0, 0.05) is 6.04 Å². The molecule has 1 saturated carbocycles. The highest BCUT2D eigenvalue weighted by molar-refractivity contribution is 7.13. The average molecular weight is 301 g/mol. The molecule has 1 fully saturated rings. The van der Waals surface area contributed by atoms with Gasteiger partial charge in [-0.05, 0) is 36.4 Å². The number of thiophene rings is 1. The third-order valence-electron chi connectivity index (χ3n) is 4.12. The number of nitrogens with zero attached hydrogens (tertiary/aromatic N) is 1. The van der Waals surface area contributed by atoms with E-state index in [4.69, 9.17) is 11.1 Å². The SMILES string of the molecule is N=C(N)c1ccc(-c2cccs2)n(C2CCCCC2)c1=O. The molecule has 0 amide bonds. The first-order valence-corrected chi connectivity index (χ1v) is 8.20. The first-order valence-electron chi connectivity index (χ1n) is 7.32. The summed E-state index contributed by atoms with van der Waals surface area (Å²) in [7, 11) is 0. The number of rotatable bonds is 3. The molecule has 0 unspecified atom stereocenters. The molecule has 21 heavy (non-hydrogen) atoms. The van der Waals surface area contributed by atoms with E-state index in [9.17, 15) is 4.79 Å². The van der Waals surface area contributed by atoms with Crippen molar-refractivity contribution in [1.82, 2.24) is 4.57 Å². The number of nitrogens with one attached hydrogen (secondary N) is 1. The lowest BCUT2D eigenvalue weighted by molar-refractivity contribution is 0.349. The van der Waals surface area contributed by atoms with Gasteiger partial charge in [0.25, 0.3) is 5.56 Å². The molecule has 0 bridgehead atoms. The Labute approximate surface area is 127 Å². The van der Waals surface area contributed by atoms with Crippen LogP contribution < -0.4 is 11.3 Å². The van der Waals surface area contributed by atoms with Gasteiger partial charge in [0.1, 0.15) is 5.84 Å². The summed E-state index contributed by atoms with van der Waals surface area (Å²) in [6.07, 6.45) is 5.61. The molecule has 110 valence electrons. The van der Waals surface area contributed by atoms with Gasteiger partial charge >= 0.3 is 0 Å². The van der Waals surface area contributed by atoms with Crippen LogP contribution in [0.4, 0.5) is 0 Å². The summed E-state index contributed by atoms with van der Waals surface area (Å²) in [6.45, 7) is 0. The molecule has 0 radical (unpaired) electrons. The smallest absolute Gasteiger partial charge is 0.262 e.